The number of carbonyl (C=O) groups is 1. The summed E-state index contributed by atoms with van der Waals surface area (Å²) in [6.07, 6.45) is 1.01. The number of amidine groups is 1. The van der Waals surface area contributed by atoms with Crippen LogP contribution in [-0.2, 0) is 22.3 Å². The Kier molecular flexibility index (Phi) is 3.89. The summed E-state index contributed by atoms with van der Waals surface area (Å²) in [6, 6.07) is 5.57. The minimum absolute atomic E-state index is 0.107. The smallest absolute Gasteiger partial charge is 0.413 e. The highest BCUT2D eigenvalue weighted by Gasteiger charge is 2.57. The molecule has 8 heteroatoms. The molecule has 1 amide bonds. The lowest BCUT2D eigenvalue weighted by molar-refractivity contribution is -0.177. The Morgan fingerprint density at radius 3 is 2.88 bits per heavy atom. The van der Waals surface area contributed by atoms with E-state index in [2.05, 4.69) is 4.99 Å². The van der Waals surface area contributed by atoms with Crippen LogP contribution < -0.4 is 16.4 Å². The van der Waals surface area contributed by atoms with Crippen molar-refractivity contribution in [3.8, 4) is 0 Å². The van der Waals surface area contributed by atoms with Crippen LogP contribution in [0, 0.1) is 0 Å². The van der Waals surface area contributed by atoms with Gasteiger partial charge in [-0.3, -0.25) is 10.6 Å². The molecule has 1 heterocycles. The lowest BCUT2D eigenvalue weighted by Crippen LogP contribution is -2.60. The van der Waals surface area contributed by atoms with Crippen molar-refractivity contribution in [3.05, 3.63) is 29.3 Å². The second kappa shape index (κ2) is 5.64. The molecule has 8 nitrogen and oxygen atoms in total. The number of methoxy groups -OCH3 is 1. The number of nitrogens with two attached hydrogens (primary N) is 2. The van der Waals surface area contributed by atoms with Gasteiger partial charge in [-0.1, -0.05) is 12.1 Å². The van der Waals surface area contributed by atoms with Gasteiger partial charge in [0.25, 0.3) is 11.9 Å². The number of benzene rings is 1. The second-order valence-electron chi connectivity index (χ2n) is 6.09. The Labute approximate surface area is 140 Å². The Bertz CT molecular complexity index is 703. The Hall–Kier alpha value is -2.32. The van der Waals surface area contributed by atoms with Gasteiger partial charge in [0.1, 0.15) is 0 Å². The van der Waals surface area contributed by atoms with Gasteiger partial charge in [-0.2, -0.15) is 0 Å². The van der Waals surface area contributed by atoms with Crippen molar-refractivity contribution in [2.24, 2.45) is 16.5 Å². The highest BCUT2D eigenvalue weighted by Crippen LogP contribution is 2.43. The van der Waals surface area contributed by atoms with Crippen LogP contribution in [0.5, 0.6) is 0 Å². The molecule has 0 bridgehead atoms. The van der Waals surface area contributed by atoms with Crippen molar-refractivity contribution in [1.29, 1.82) is 0 Å². The van der Waals surface area contributed by atoms with Crippen LogP contribution in [0.4, 0.5) is 10.5 Å². The number of hydrogen-bond donors (Lipinski definition) is 3. The van der Waals surface area contributed by atoms with Crippen LogP contribution in [-0.4, -0.2) is 42.3 Å². The van der Waals surface area contributed by atoms with Crippen molar-refractivity contribution >= 4 is 17.8 Å². The van der Waals surface area contributed by atoms with Gasteiger partial charge >= 0.3 is 6.09 Å². The zero-order chi connectivity index (χ0) is 17.5. The van der Waals surface area contributed by atoms with E-state index in [0.29, 0.717) is 25.8 Å². The van der Waals surface area contributed by atoms with E-state index in [1.54, 1.807) is 4.90 Å². The normalized spacial score (nSPS) is 28.1. The molecular weight excluding hydrogens is 312 g/mol. The maximum absolute atomic E-state index is 12.0. The molecule has 1 aromatic carbocycles. The summed E-state index contributed by atoms with van der Waals surface area (Å²) >= 11 is 0. The van der Waals surface area contributed by atoms with Crippen LogP contribution in [0.3, 0.4) is 0 Å². The average molecular weight is 334 g/mol. The van der Waals surface area contributed by atoms with Crippen LogP contribution in [0.15, 0.2) is 23.2 Å². The van der Waals surface area contributed by atoms with Gasteiger partial charge in [0.15, 0.2) is 5.54 Å². The van der Waals surface area contributed by atoms with Gasteiger partial charge in [0.2, 0.25) is 0 Å². The molecule has 5 N–H and O–H groups in total. The number of hydrogen-bond acceptors (Lipinski definition) is 7. The first-order valence-corrected chi connectivity index (χ1v) is 7.85. The van der Waals surface area contributed by atoms with E-state index in [-0.39, 0.29) is 6.02 Å². The van der Waals surface area contributed by atoms with Gasteiger partial charge < -0.3 is 20.3 Å². The molecule has 24 heavy (non-hydrogen) atoms. The summed E-state index contributed by atoms with van der Waals surface area (Å²) in [7, 11) is 1.36. The zero-order valence-electron chi connectivity index (χ0n) is 13.8. The molecule has 0 saturated heterocycles. The Morgan fingerprint density at radius 1 is 1.54 bits per heavy atom. The fraction of sp³-hybridized carbons (Fsp3) is 0.500. The number of ether oxygens (including phenoxy) is 2. The van der Waals surface area contributed by atoms with Crippen molar-refractivity contribution in [1.82, 2.24) is 0 Å². The fourth-order valence-corrected chi connectivity index (χ4v) is 3.54. The molecule has 3 rings (SSSR count). The van der Waals surface area contributed by atoms with Crippen molar-refractivity contribution in [2.45, 2.75) is 37.6 Å². The van der Waals surface area contributed by atoms with Gasteiger partial charge in [-0.05, 0) is 37.0 Å². The predicted molar refractivity (Wildman–Crippen MR) is 88.5 cm³/mol. The van der Waals surface area contributed by atoms with E-state index in [1.807, 2.05) is 25.1 Å². The molecule has 0 saturated carbocycles. The molecule has 2 unspecified atom stereocenters. The largest absolute Gasteiger partial charge is 0.452 e. The molecule has 0 radical (unpaired) electrons. The summed E-state index contributed by atoms with van der Waals surface area (Å²) in [5, 5.41) is 10.4. The predicted octanol–water partition coefficient (Wildman–Crippen LogP) is 0.456. The molecule has 1 aliphatic carbocycles. The van der Waals surface area contributed by atoms with Crippen LogP contribution in [0.25, 0.3) is 0 Å². The molecule has 1 spiro atoms. The fourth-order valence-electron chi connectivity index (χ4n) is 3.54. The highest BCUT2D eigenvalue weighted by atomic mass is 16.7. The van der Waals surface area contributed by atoms with Crippen LogP contribution in [0.2, 0.25) is 0 Å². The topological polar surface area (TPSA) is 123 Å². The van der Waals surface area contributed by atoms with E-state index in [0.717, 1.165) is 16.8 Å². The van der Waals surface area contributed by atoms with E-state index >= 15 is 0 Å². The minimum Gasteiger partial charge on any atom is -0.452 e. The number of aliphatic imine (C=N–C) groups is 1. The quantitative estimate of drug-likeness (QED) is 0.675. The maximum atomic E-state index is 12.0. The van der Waals surface area contributed by atoms with E-state index in [9.17, 15) is 9.90 Å². The lowest BCUT2D eigenvalue weighted by Gasteiger charge is -2.39. The third kappa shape index (κ3) is 2.38. The van der Waals surface area contributed by atoms with Gasteiger partial charge in [0, 0.05) is 13.0 Å². The first-order valence-electron chi connectivity index (χ1n) is 7.85. The molecule has 1 aromatic rings. The highest BCUT2D eigenvalue weighted by molar-refractivity contribution is 5.89. The molecule has 130 valence electrons. The summed E-state index contributed by atoms with van der Waals surface area (Å²) in [5.41, 5.74) is 13.3. The summed E-state index contributed by atoms with van der Waals surface area (Å²) < 4.78 is 9.95. The molecular formula is C16H22N4O4. The first-order chi connectivity index (χ1) is 11.3. The third-order valence-corrected chi connectivity index (χ3v) is 4.77. The number of fused-ring (bicyclic) bond motifs is 1. The molecule has 1 aliphatic heterocycles. The molecule has 0 aromatic heterocycles. The molecule has 2 atom stereocenters. The zero-order valence-corrected chi connectivity index (χ0v) is 13.8. The van der Waals surface area contributed by atoms with Gasteiger partial charge in [-0.25, -0.2) is 9.79 Å². The third-order valence-electron chi connectivity index (χ3n) is 4.77. The second-order valence-corrected chi connectivity index (χ2v) is 6.09. The maximum Gasteiger partial charge on any atom is 0.413 e. The number of carbonyl (C=O) groups excluding carboxylic acids is 1. The Morgan fingerprint density at radius 2 is 2.29 bits per heavy atom. The summed E-state index contributed by atoms with van der Waals surface area (Å²) in [5.74, 6) is -1.93. The molecule has 2 aliphatic rings. The number of amides is 1. The SMILES string of the molecule is CCN(C(=O)OC)c1cccc2c1CCC1(C2)N=C(N)OC1(N)O. The standard InChI is InChI=1S/C16H22N4O4/c1-3-20(14(21)23-2)12-6-4-5-10-9-15(8-7-11(10)12)16(18,22)24-13(17)19-15/h4-6,22H,3,7-9,18H2,1-2H3,(H2,17,19). The van der Waals surface area contributed by atoms with Crippen molar-refractivity contribution in [3.63, 3.8) is 0 Å². The Balaban J connectivity index is 2.01. The van der Waals surface area contributed by atoms with Gasteiger partial charge in [0.05, 0.1) is 12.8 Å². The van der Waals surface area contributed by atoms with Crippen molar-refractivity contribution < 1.29 is 19.4 Å². The number of aliphatic hydroxyl groups is 1. The summed E-state index contributed by atoms with van der Waals surface area (Å²) in [4.78, 5) is 17.9. The molecule has 0 fully saturated rings. The van der Waals surface area contributed by atoms with E-state index in [1.165, 1.54) is 7.11 Å². The van der Waals surface area contributed by atoms with Crippen LogP contribution in [0.1, 0.15) is 24.5 Å². The van der Waals surface area contributed by atoms with Gasteiger partial charge in [-0.15, -0.1) is 0 Å². The lowest BCUT2D eigenvalue weighted by atomic mass is 9.75. The van der Waals surface area contributed by atoms with Crippen molar-refractivity contribution in [2.75, 3.05) is 18.6 Å². The minimum atomic E-state index is -1.93. The number of anilines is 1. The van der Waals surface area contributed by atoms with E-state index in [4.69, 9.17) is 20.9 Å². The number of nitrogens with zero attached hydrogens (tertiary/aromatic N) is 2. The van der Waals surface area contributed by atoms with Crippen LogP contribution >= 0.6 is 0 Å². The summed E-state index contributed by atoms with van der Waals surface area (Å²) in [6.45, 7) is 2.37. The average Bonchev–Trinajstić information content (AvgIpc) is 2.75. The number of rotatable bonds is 2. The monoisotopic (exact) mass is 334 g/mol. The first kappa shape index (κ1) is 16.5. The van der Waals surface area contributed by atoms with E-state index < -0.39 is 17.5 Å².